The first kappa shape index (κ1) is 14.1. The van der Waals surface area contributed by atoms with Gasteiger partial charge in [-0.25, -0.2) is 0 Å². The summed E-state index contributed by atoms with van der Waals surface area (Å²) in [7, 11) is 0. The van der Waals surface area contributed by atoms with Gasteiger partial charge in [0.25, 0.3) is 5.69 Å². The summed E-state index contributed by atoms with van der Waals surface area (Å²) in [4.78, 5) is 10.8. The minimum atomic E-state index is -0.347. The number of nitro groups is 1. The minimum absolute atomic E-state index is 0.0117. The number of anilines is 1. The fraction of sp³-hybridized carbons (Fsp3) is 0.250. The van der Waals surface area contributed by atoms with E-state index in [1.807, 2.05) is 51.1 Å². The molecule has 0 bridgehead atoms. The van der Waals surface area contributed by atoms with Crippen LogP contribution in [-0.2, 0) is 0 Å². The van der Waals surface area contributed by atoms with E-state index in [0.29, 0.717) is 5.69 Å². The zero-order valence-electron chi connectivity index (χ0n) is 11.9. The molecule has 0 radical (unpaired) electrons. The highest BCUT2D eigenvalue weighted by Crippen LogP contribution is 2.29. The Bertz CT molecular complexity index is 638. The lowest BCUT2D eigenvalue weighted by molar-refractivity contribution is -0.384. The fourth-order valence-corrected chi connectivity index (χ4v) is 2.30. The summed E-state index contributed by atoms with van der Waals surface area (Å²) in [5.74, 6) is 0. The summed E-state index contributed by atoms with van der Waals surface area (Å²) in [5.41, 5.74) is 3.86. The zero-order chi connectivity index (χ0) is 14.7. The standard InChI is InChI=1S/C16H18N2O2/c1-11-8-9-15(16(10-11)18(19)20)17-13(3)14-7-5-4-6-12(14)2/h4-10,13,17H,1-3H3. The summed E-state index contributed by atoms with van der Waals surface area (Å²) < 4.78 is 0. The van der Waals surface area contributed by atoms with Crippen LogP contribution in [0.2, 0.25) is 0 Å². The van der Waals surface area contributed by atoms with Crippen LogP contribution in [0.15, 0.2) is 42.5 Å². The molecule has 0 aliphatic rings. The first-order valence-corrected chi connectivity index (χ1v) is 6.56. The Kier molecular flexibility index (Phi) is 4.03. The van der Waals surface area contributed by atoms with E-state index in [1.54, 1.807) is 12.1 Å². The third-order valence-electron chi connectivity index (χ3n) is 3.38. The first-order chi connectivity index (χ1) is 9.49. The third-order valence-corrected chi connectivity index (χ3v) is 3.38. The molecule has 1 N–H and O–H groups in total. The Morgan fingerprint density at radius 2 is 1.85 bits per heavy atom. The van der Waals surface area contributed by atoms with Crippen molar-refractivity contribution in [1.29, 1.82) is 0 Å². The zero-order valence-corrected chi connectivity index (χ0v) is 11.9. The van der Waals surface area contributed by atoms with E-state index in [-0.39, 0.29) is 16.7 Å². The van der Waals surface area contributed by atoms with Crippen LogP contribution >= 0.6 is 0 Å². The second-order valence-electron chi connectivity index (χ2n) is 5.00. The van der Waals surface area contributed by atoms with Crippen molar-refractivity contribution >= 4 is 11.4 Å². The molecule has 4 heteroatoms. The second kappa shape index (κ2) is 5.74. The van der Waals surface area contributed by atoms with Gasteiger partial charge >= 0.3 is 0 Å². The van der Waals surface area contributed by atoms with E-state index in [4.69, 9.17) is 0 Å². The molecule has 0 aromatic heterocycles. The lowest BCUT2D eigenvalue weighted by Gasteiger charge is -2.18. The molecule has 0 aliphatic carbocycles. The van der Waals surface area contributed by atoms with Crippen LogP contribution in [-0.4, -0.2) is 4.92 Å². The predicted octanol–water partition coefficient (Wildman–Crippen LogP) is 4.38. The van der Waals surface area contributed by atoms with Gasteiger partial charge < -0.3 is 5.32 Å². The SMILES string of the molecule is Cc1ccc(NC(C)c2ccccc2C)c([N+](=O)[O-])c1. The molecule has 0 saturated heterocycles. The van der Waals surface area contributed by atoms with Gasteiger partial charge in [0.2, 0.25) is 0 Å². The summed E-state index contributed by atoms with van der Waals surface area (Å²) in [6, 6.07) is 13.3. The predicted molar refractivity (Wildman–Crippen MR) is 81.1 cm³/mol. The molecule has 1 atom stereocenters. The molecule has 0 spiro atoms. The highest BCUT2D eigenvalue weighted by atomic mass is 16.6. The monoisotopic (exact) mass is 270 g/mol. The fourth-order valence-electron chi connectivity index (χ4n) is 2.30. The summed E-state index contributed by atoms with van der Waals surface area (Å²) in [5, 5.41) is 14.4. The van der Waals surface area contributed by atoms with Gasteiger partial charge in [0.05, 0.1) is 4.92 Å². The smallest absolute Gasteiger partial charge is 0.292 e. The van der Waals surface area contributed by atoms with Crippen molar-refractivity contribution in [2.45, 2.75) is 26.8 Å². The number of nitrogens with one attached hydrogen (secondary N) is 1. The van der Waals surface area contributed by atoms with Crippen LogP contribution in [0.1, 0.15) is 29.7 Å². The first-order valence-electron chi connectivity index (χ1n) is 6.56. The topological polar surface area (TPSA) is 55.2 Å². The molecular formula is C16H18N2O2. The highest BCUT2D eigenvalue weighted by molar-refractivity contribution is 5.63. The molecule has 2 rings (SSSR count). The molecule has 0 aliphatic heterocycles. The Labute approximate surface area is 118 Å². The van der Waals surface area contributed by atoms with Gasteiger partial charge in [0, 0.05) is 12.1 Å². The number of hydrogen-bond acceptors (Lipinski definition) is 3. The van der Waals surface area contributed by atoms with Gasteiger partial charge in [-0.3, -0.25) is 10.1 Å². The van der Waals surface area contributed by atoms with Crippen LogP contribution < -0.4 is 5.32 Å². The van der Waals surface area contributed by atoms with E-state index in [9.17, 15) is 10.1 Å². The van der Waals surface area contributed by atoms with Crippen LogP contribution in [0.3, 0.4) is 0 Å². The third kappa shape index (κ3) is 2.96. The maximum absolute atomic E-state index is 11.1. The van der Waals surface area contributed by atoms with E-state index >= 15 is 0 Å². The molecule has 1 unspecified atom stereocenters. The molecule has 0 amide bonds. The van der Waals surface area contributed by atoms with Crippen molar-refractivity contribution in [2.75, 3.05) is 5.32 Å². The number of rotatable bonds is 4. The number of aryl methyl sites for hydroxylation is 2. The Balaban J connectivity index is 2.31. The number of benzene rings is 2. The van der Waals surface area contributed by atoms with E-state index < -0.39 is 0 Å². The Morgan fingerprint density at radius 1 is 1.15 bits per heavy atom. The van der Waals surface area contributed by atoms with Gasteiger partial charge in [0.1, 0.15) is 5.69 Å². The number of hydrogen-bond donors (Lipinski definition) is 1. The normalized spacial score (nSPS) is 11.9. The molecule has 2 aromatic carbocycles. The highest BCUT2D eigenvalue weighted by Gasteiger charge is 2.16. The molecule has 2 aromatic rings. The molecule has 0 heterocycles. The van der Waals surface area contributed by atoms with Gasteiger partial charge in [-0.1, -0.05) is 30.3 Å². The van der Waals surface area contributed by atoms with Gasteiger partial charge in [-0.15, -0.1) is 0 Å². The second-order valence-corrected chi connectivity index (χ2v) is 5.00. The molecule has 104 valence electrons. The Hall–Kier alpha value is -2.36. The average Bonchev–Trinajstić information content (AvgIpc) is 2.41. The van der Waals surface area contributed by atoms with Crippen LogP contribution in [0.25, 0.3) is 0 Å². The van der Waals surface area contributed by atoms with Crippen LogP contribution in [0.5, 0.6) is 0 Å². The maximum atomic E-state index is 11.1. The van der Waals surface area contributed by atoms with Crippen molar-refractivity contribution in [2.24, 2.45) is 0 Å². The lowest BCUT2D eigenvalue weighted by atomic mass is 10.0. The number of nitrogens with zero attached hydrogens (tertiary/aromatic N) is 1. The van der Waals surface area contributed by atoms with Gasteiger partial charge in [0.15, 0.2) is 0 Å². The van der Waals surface area contributed by atoms with E-state index in [2.05, 4.69) is 5.32 Å². The van der Waals surface area contributed by atoms with E-state index in [0.717, 1.165) is 11.1 Å². The van der Waals surface area contributed by atoms with Crippen LogP contribution in [0.4, 0.5) is 11.4 Å². The van der Waals surface area contributed by atoms with E-state index in [1.165, 1.54) is 5.56 Å². The van der Waals surface area contributed by atoms with Gasteiger partial charge in [-0.05, 0) is 43.5 Å². The van der Waals surface area contributed by atoms with Crippen molar-refractivity contribution < 1.29 is 4.92 Å². The minimum Gasteiger partial charge on any atom is -0.373 e. The van der Waals surface area contributed by atoms with Crippen molar-refractivity contribution in [3.63, 3.8) is 0 Å². The van der Waals surface area contributed by atoms with Crippen LogP contribution in [0, 0.1) is 24.0 Å². The molecule has 20 heavy (non-hydrogen) atoms. The maximum Gasteiger partial charge on any atom is 0.292 e. The van der Waals surface area contributed by atoms with Crippen molar-refractivity contribution in [3.05, 3.63) is 69.3 Å². The molecule has 0 saturated carbocycles. The lowest BCUT2D eigenvalue weighted by Crippen LogP contribution is -2.09. The summed E-state index contributed by atoms with van der Waals surface area (Å²) in [6.45, 7) is 5.89. The van der Waals surface area contributed by atoms with Crippen molar-refractivity contribution in [3.8, 4) is 0 Å². The Morgan fingerprint density at radius 3 is 2.50 bits per heavy atom. The van der Waals surface area contributed by atoms with Crippen molar-refractivity contribution in [1.82, 2.24) is 0 Å². The average molecular weight is 270 g/mol. The summed E-state index contributed by atoms with van der Waals surface area (Å²) >= 11 is 0. The molecule has 4 nitrogen and oxygen atoms in total. The quantitative estimate of drug-likeness (QED) is 0.662. The summed E-state index contributed by atoms with van der Waals surface area (Å²) in [6.07, 6.45) is 0. The largest absolute Gasteiger partial charge is 0.373 e. The van der Waals surface area contributed by atoms with Gasteiger partial charge in [-0.2, -0.15) is 0 Å². The molecular weight excluding hydrogens is 252 g/mol. The number of nitro benzene ring substituents is 1. The molecule has 0 fully saturated rings.